The summed E-state index contributed by atoms with van der Waals surface area (Å²) in [6.45, 7) is 2.05. The first kappa shape index (κ1) is 13.7. The van der Waals surface area contributed by atoms with Gasteiger partial charge in [-0.2, -0.15) is 0 Å². The van der Waals surface area contributed by atoms with Gasteiger partial charge in [0.25, 0.3) is 5.91 Å². The summed E-state index contributed by atoms with van der Waals surface area (Å²) in [7, 11) is 3.17. The zero-order valence-corrected chi connectivity index (χ0v) is 11.4. The van der Waals surface area contributed by atoms with Crippen LogP contribution in [-0.2, 0) is 6.54 Å². The van der Waals surface area contributed by atoms with Crippen molar-refractivity contribution in [3.8, 4) is 11.5 Å². The van der Waals surface area contributed by atoms with Gasteiger partial charge in [-0.15, -0.1) is 0 Å². The molecule has 5 heteroatoms. The molecule has 2 N–H and O–H groups in total. The molecule has 0 atom stereocenters. The van der Waals surface area contributed by atoms with Crippen LogP contribution in [-0.4, -0.2) is 38.1 Å². The van der Waals surface area contributed by atoms with E-state index < -0.39 is 0 Å². The number of unbranched alkanes of at least 4 members (excludes halogenated alkanes) is 1. The third-order valence-electron chi connectivity index (χ3n) is 3.37. The number of rotatable bonds is 6. The molecule has 0 aliphatic carbocycles. The number of nitrogens with two attached hydrogens (primary N) is 1. The number of nitrogens with zero attached hydrogens (tertiary/aromatic N) is 1. The van der Waals surface area contributed by atoms with Crippen LogP contribution in [0.2, 0.25) is 0 Å². The van der Waals surface area contributed by atoms with Crippen molar-refractivity contribution in [3.63, 3.8) is 0 Å². The highest BCUT2D eigenvalue weighted by atomic mass is 16.5. The van der Waals surface area contributed by atoms with Gasteiger partial charge in [-0.05, 0) is 37.1 Å². The van der Waals surface area contributed by atoms with Gasteiger partial charge in [0.05, 0.1) is 14.2 Å². The molecule has 1 heterocycles. The topological polar surface area (TPSA) is 64.8 Å². The number of ether oxygens (including phenoxy) is 2. The Morgan fingerprint density at radius 1 is 1.21 bits per heavy atom. The van der Waals surface area contributed by atoms with Crippen molar-refractivity contribution in [2.45, 2.75) is 19.4 Å². The lowest BCUT2D eigenvalue weighted by Crippen LogP contribution is -2.25. The lowest BCUT2D eigenvalue weighted by Gasteiger charge is -2.14. The first-order valence-corrected chi connectivity index (χ1v) is 6.45. The second kappa shape index (κ2) is 5.93. The molecule has 1 aliphatic heterocycles. The van der Waals surface area contributed by atoms with Crippen LogP contribution in [0.4, 0.5) is 0 Å². The van der Waals surface area contributed by atoms with Gasteiger partial charge in [0.15, 0.2) is 11.5 Å². The van der Waals surface area contributed by atoms with Crippen molar-refractivity contribution in [1.82, 2.24) is 4.90 Å². The average Bonchev–Trinajstić information content (AvgIpc) is 2.74. The highest BCUT2D eigenvalue weighted by Crippen LogP contribution is 2.34. The minimum absolute atomic E-state index is 0.0629. The molecule has 0 saturated heterocycles. The van der Waals surface area contributed by atoms with Gasteiger partial charge in [0, 0.05) is 18.7 Å². The van der Waals surface area contributed by atoms with Crippen LogP contribution in [0.3, 0.4) is 0 Å². The lowest BCUT2D eigenvalue weighted by molar-refractivity contribution is 0.0776. The van der Waals surface area contributed by atoms with Gasteiger partial charge in [0.1, 0.15) is 0 Å². The Kier molecular flexibility index (Phi) is 4.27. The SMILES string of the molecule is COc1cc2c(cc1OC)C(=O)N(CCCCN)C2. The maximum absolute atomic E-state index is 12.3. The third-order valence-corrected chi connectivity index (χ3v) is 3.37. The summed E-state index contributed by atoms with van der Waals surface area (Å²) in [5.41, 5.74) is 7.18. The van der Waals surface area contributed by atoms with Crippen molar-refractivity contribution in [2.24, 2.45) is 5.73 Å². The van der Waals surface area contributed by atoms with Gasteiger partial charge < -0.3 is 20.1 Å². The number of fused-ring (bicyclic) bond motifs is 1. The summed E-state index contributed by atoms with van der Waals surface area (Å²) < 4.78 is 10.5. The summed E-state index contributed by atoms with van der Waals surface area (Å²) >= 11 is 0. The number of carbonyl (C=O) groups is 1. The van der Waals surface area contributed by atoms with Crippen LogP contribution in [0.25, 0.3) is 0 Å². The molecule has 0 saturated carbocycles. The number of carbonyl (C=O) groups excluding carboxylic acids is 1. The maximum atomic E-state index is 12.3. The molecule has 19 heavy (non-hydrogen) atoms. The van der Waals surface area contributed by atoms with E-state index in [1.54, 1.807) is 20.3 Å². The smallest absolute Gasteiger partial charge is 0.254 e. The number of hydrogen-bond acceptors (Lipinski definition) is 4. The number of amides is 1. The molecule has 0 fully saturated rings. The fraction of sp³-hybridized carbons (Fsp3) is 0.500. The summed E-state index contributed by atoms with van der Waals surface area (Å²) in [6.07, 6.45) is 1.87. The van der Waals surface area contributed by atoms with E-state index in [0.717, 1.165) is 24.9 Å². The Hall–Kier alpha value is -1.75. The predicted molar refractivity (Wildman–Crippen MR) is 72.6 cm³/mol. The van der Waals surface area contributed by atoms with Crippen molar-refractivity contribution in [2.75, 3.05) is 27.3 Å². The van der Waals surface area contributed by atoms with E-state index in [-0.39, 0.29) is 5.91 Å². The van der Waals surface area contributed by atoms with E-state index in [1.807, 2.05) is 11.0 Å². The molecule has 1 aliphatic rings. The van der Waals surface area contributed by atoms with Crippen molar-refractivity contribution in [3.05, 3.63) is 23.3 Å². The van der Waals surface area contributed by atoms with Crippen molar-refractivity contribution >= 4 is 5.91 Å². The Morgan fingerprint density at radius 2 is 1.89 bits per heavy atom. The fourth-order valence-corrected chi connectivity index (χ4v) is 2.33. The largest absolute Gasteiger partial charge is 0.493 e. The van der Waals surface area contributed by atoms with Crippen LogP contribution in [0, 0.1) is 0 Å². The quantitative estimate of drug-likeness (QED) is 0.789. The summed E-state index contributed by atoms with van der Waals surface area (Å²) in [5, 5.41) is 0. The second-order valence-corrected chi connectivity index (χ2v) is 4.59. The van der Waals surface area contributed by atoms with E-state index in [1.165, 1.54) is 0 Å². The molecule has 0 bridgehead atoms. The van der Waals surface area contributed by atoms with Gasteiger partial charge in [-0.25, -0.2) is 0 Å². The summed E-state index contributed by atoms with van der Waals surface area (Å²) in [5.74, 6) is 1.32. The van der Waals surface area contributed by atoms with Crippen LogP contribution in [0.5, 0.6) is 11.5 Å². The second-order valence-electron chi connectivity index (χ2n) is 4.59. The molecule has 0 spiro atoms. The first-order valence-electron chi connectivity index (χ1n) is 6.45. The lowest BCUT2D eigenvalue weighted by atomic mass is 10.1. The van der Waals surface area contributed by atoms with Gasteiger partial charge in [-0.3, -0.25) is 4.79 Å². The minimum Gasteiger partial charge on any atom is -0.493 e. The number of methoxy groups -OCH3 is 2. The Labute approximate surface area is 113 Å². The number of hydrogen-bond donors (Lipinski definition) is 1. The van der Waals surface area contributed by atoms with E-state index in [2.05, 4.69) is 0 Å². The van der Waals surface area contributed by atoms with Gasteiger partial charge in [0.2, 0.25) is 0 Å². The van der Waals surface area contributed by atoms with Crippen molar-refractivity contribution in [1.29, 1.82) is 0 Å². The van der Waals surface area contributed by atoms with E-state index >= 15 is 0 Å². The molecule has 5 nitrogen and oxygen atoms in total. The summed E-state index contributed by atoms with van der Waals surface area (Å²) in [6, 6.07) is 3.65. The summed E-state index contributed by atoms with van der Waals surface area (Å²) in [4.78, 5) is 14.1. The van der Waals surface area contributed by atoms with Crippen LogP contribution >= 0.6 is 0 Å². The monoisotopic (exact) mass is 264 g/mol. The van der Waals surface area contributed by atoms with Crippen molar-refractivity contribution < 1.29 is 14.3 Å². The standard InChI is InChI=1S/C14H20N2O3/c1-18-12-7-10-9-16(6-4-3-5-15)14(17)11(10)8-13(12)19-2/h7-8H,3-6,9,15H2,1-2H3. The molecule has 0 unspecified atom stereocenters. The molecule has 1 aromatic carbocycles. The van der Waals surface area contributed by atoms with E-state index in [9.17, 15) is 4.79 Å². The molecule has 1 aromatic rings. The normalized spacial score (nSPS) is 13.6. The Bertz CT molecular complexity index is 474. The molecule has 0 radical (unpaired) electrons. The van der Waals surface area contributed by atoms with E-state index in [0.29, 0.717) is 30.2 Å². The van der Waals surface area contributed by atoms with Crippen LogP contribution in [0.15, 0.2) is 12.1 Å². The first-order chi connectivity index (χ1) is 9.21. The van der Waals surface area contributed by atoms with Gasteiger partial charge in [-0.1, -0.05) is 0 Å². The molecule has 104 valence electrons. The number of benzene rings is 1. The fourth-order valence-electron chi connectivity index (χ4n) is 2.33. The zero-order valence-electron chi connectivity index (χ0n) is 11.4. The van der Waals surface area contributed by atoms with E-state index in [4.69, 9.17) is 15.2 Å². The van der Waals surface area contributed by atoms with Crippen LogP contribution in [0.1, 0.15) is 28.8 Å². The Morgan fingerprint density at radius 3 is 2.53 bits per heavy atom. The Balaban J connectivity index is 2.18. The highest BCUT2D eigenvalue weighted by Gasteiger charge is 2.28. The predicted octanol–water partition coefficient (Wildman–Crippen LogP) is 1.40. The van der Waals surface area contributed by atoms with Gasteiger partial charge >= 0.3 is 0 Å². The highest BCUT2D eigenvalue weighted by molar-refractivity contribution is 5.99. The maximum Gasteiger partial charge on any atom is 0.254 e. The molecular formula is C14H20N2O3. The average molecular weight is 264 g/mol. The zero-order chi connectivity index (χ0) is 13.8. The third kappa shape index (κ3) is 2.66. The molecule has 1 amide bonds. The molecule has 0 aromatic heterocycles. The van der Waals surface area contributed by atoms with Crippen LogP contribution < -0.4 is 15.2 Å². The molecule has 2 rings (SSSR count). The minimum atomic E-state index is 0.0629. The molecular weight excluding hydrogens is 244 g/mol.